The maximum Gasteiger partial charge on any atom is 0.138 e. The van der Waals surface area contributed by atoms with Crippen LogP contribution in [0.5, 0.6) is 0 Å². The molecule has 4 nitrogen and oxygen atoms in total. The third kappa shape index (κ3) is 3.29. The van der Waals surface area contributed by atoms with E-state index in [0.29, 0.717) is 0 Å². The van der Waals surface area contributed by atoms with Gasteiger partial charge < -0.3 is 14.4 Å². The summed E-state index contributed by atoms with van der Waals surface area (Å²) in [6.07, 6.45) is 1.95. The molecular weight excluding hydrogens is 258 g/mol. The highest BCUT2D eigenvalue weighted by Crippen LogP contribution is 2.23. The molecule has 0 aliphatic rings. The summed E-state index contributed by atoms with van der Waals surface area (Å²) in [5, 5.41) is 10.5. The maximum atomic E-state index is 9.52. The van der Waals surface area contributed by atoms with Crippen molar-refractivity contribution in [2.75, 3.05) is 25.4 Å². The summed E-state index contributed by atoms with van der Waals surface area (Å²) in [7, 11) is 0. The molecule has 0 saturated carbocycles. The predicted octanol–water partition coefficient (Wildman–Crippen LogP) is 2.26. The molecule has 0 spiro atoms. The molecule has 0 amide bonds. The molecule has 1 N–H and O–H groups in total. The van der Waals surface area contributed by atoms with Gasteiger partial charge in [-0.2, -0.15) is 0 Å². The van der Waals surface area contributed by atoms with Crippen molar-refractivity contribution in [1.82, 2.24) is 14.3 Å². The molecule has 0 radical (unpaired) electrons. The van der Waals surface area contributed by atoms with E-state index >= 15 is 0 Å². The summed E-state index contributed by atoms with van der Waals surface area (Å²) in [5.74, 6) is 0.999. The van der Waals surface area contributed by atoms with Crippen LogP contribution in [0, 0.1) is 0 Å². The van der Waals surface area contributed by atoms with Gasteiger partial charge in [-0.15, -0.1) is 11.8 Å². The quantitative estimate of drug-likeness (QED) is 0.789. The molecule has 5 heteroatoms. The lowest BCUT2D eigenvalue weighted by atomic mass is 10.4. The minimum absolute atomic E-state index is 0.0266. The fourth-order valence-corrected chi connectivity index (χ4v) is 3.13. The lowest BCUT2D eigenvalue weighted by Crippen LogP contribution is -2.25. The number of pyridine rings is 1. The van der Waals surface area contributed by atoms with E-state index in [4.69, 9.17) is 0 Å². The van der Waals surface area contributed by atoms with Crippen LogP contribution in [0.1, 0.15) is 19.5 Å². The number of nitrogens with zero attached hydrogens (tertiary/aromatic N) is 3. The van der Waals surface area contributed by atoms with Gasteiger partial charge in [-0.25, -0.2) is 4.98 Å². The summed E-state index contributed by atoms with van der Waals surface area (Å²) in [5.41, 5.74) is 1.79. The first-order valence-electron chi connectivity index (χ1n) is 6.72. The van der Waals surface area contributed by atoms with Gasteiger partial charge in [0, 0.05) is 18.5 Å². The lowest BCUT2D eigenvalue weighted by Gasteiger charge is -2.16. The summed E-state index contributed by atoms with van der Waals surface area (Å²) >= 11 is 1.72. The fraction of sp³-hybridized carbons (Fsp3) is 0.500. The van der Waals surface area contributed by atoms with Crippen molar-refractivity contribution in [2.45, 2.75) is 25.5 Å². The number of rotatable bonds is 7. The molecule has 0 aromatic carbocycles. The van der Waals surface area contributed by atoms with Crippen molar-refractivity contribution in [2.24, 2.45) is 0 Å². The second kappa shape index (κ2) is 6.93. The van der Waals surface area contributed by atoms with Crippen molar-refractivity contribution in [3.63, 3.8) is 0 Å². The average Bonchev–Trinajstić information content (AvgIpc) is 2.81. The number of thioether (sulfide) groups is 1. The normalized spacial score (nSPS) is 11.6. The van der Waals surface area contributed by atoms with E-state index in [1.165, 1.54) is 0 Å². The zero-order valence-corrected chi connectivity index (χ0v) is 12.4. The summed E-state index contributed by atoms with van der Waals surface area (Å²) < 4.78 is 1.96. The highest BCUT2D eigenvalue weighted by atomic mass is 32.2. The van der Waals surface area contributed by atoms with E-state index in [1.807, 2.05) is 28.8 Å². The third-order valence-corrected chi connectivity index (χ3v) is 4.27. The molecule has 2 heterocycles. The molecule has 0 saturated heterocycles. The van der Waals surface area contributed by atoms with Gasteiger partial charge in [0.15, 0.2) is 0 Å². The van der Waals surface area contributed by atoms with Gasteiger partial charge in [0.05, 0.1) is 12.3 Å². The number of hydrogen-bond acceptors (Lipinski definition) is 4. The average molecular weight is 279 g/mol. The number of imidazole rings is 1. The van der Waals surface area contributed by atoms with Crippen molar-refractivity contribution in [3.8, 4) is 0 Å². The van der Waals surface area contributed by atoms with E-state index < -0.39 is 0 Å². The van der Waals surface area contributed by atoms with Crippen LogP contribution >= 0.6 is 11.8 Å². The molecular formula is C14H21N3OS. The van der Waals surface area contributed by atoms with Crippen LogP contribution in [0.4, 0.5) is 0 Å². The van der Waals surface area contributed by atoms with E-state index in [0.717, 1.165) is 41.8 Å². The third-order valence-electron chi connectivity index (χ3n) is 3.28. The SMILES string of the molecule is CCN(CC)CCSc1nc2ccccn2c1CO. The predicted molar refractivity (Wildman–Crippen MR) is 79.6 cm³/mol. The largest absolute Gasteiger partial charge is 0.390 e. The molecule has 2 aromatic heterocycles. The lowest BCUT2D eigenvalue weighted by molar-refractivity contribution is 0.272. The van der Waals surface area contributed by atoms with Crippen LogP contribution in [0.15, 0.2) is 29.4 Å². The number of aliphatic hydroxyl groups is 1. The minimum atomic E-state index is 0.0266. The summed E-state index contributed by atoms with van der Waals surface area (Å²) in [6, 6.07) is 5.89. The molecule has 0 atom stereocenters. The minimum Gasteiger partial charge on any atom is -0.390 e. The van der Waals surface area contributed by atoms with Gasteiger partial charge in [-0.1, -0.05) is 19.9 Å². The second-order valence-electron chi connectivity index (χ2n) is 4.33. The monoisotopic (exact) mass is 279 g/mol. The van der Waals surface area contributed by atoms with Crippen molar-refractivity contribution in [1.29, 1.82) is 0 Å². The number of hydrogen-bond donors (Lipinski definition) is 1. The Morgan fingerprint density at radius 3 is 2.79 bits per heavy atom. The Morgan fingerprint density at radius 1 is 1.32 bits per heavy atom. The van der Waals surface area contributed by atoms with Crippen LogP contribution in [-0.2, 0) is 6.61 Å². The Kier molecular flexibility index (Phi) is 5.24. The Bertz CT molecular complexity index is 522. The van der Waals surface area contributed by atoms with Crippen LogP contribution in [0.2, 0.25) is 0 Å². The van der Waals surface area contributed by atoms with Crippen LogP contribution < -0.4 is 0 Å². The molecule has 0 fully saturated rings. The van der Waals surface area contributed by atoms with Crippen molar-refractivity contribution < 1.29 is 5.11 Å². The van der Waals surface area contributed by atoms with E-state index in [-0.39, 0.29) is 6.61 Å². The topological polar surface area (TPSA) is 40.8 Å². The number of fused-ring (bicyclic) bond motifs is 1. The van der Waals surface area contributed by atoms with Crippen LogP contribution in [0.3, 0.4) is 0 Å². The highest BCUT2D eigenvalue weighted by Gasteiger charge is 2.11. The molecule has 0 aliphatic carbocycles. The molecule has 19 heavy (non-hydrogen) atoms. The van der Waals surface area contributed by atoms with Gasteiger partial charge in [-0.05, 0) is 25.2 Å². The van der Waals surface area contributed by atoms with Crippen molar-refractivity contribution >= 4 is 17.4 Å². The zero-order valence-electron chi connectivity index (χ0n) is 11.5. The van der Waals surface area contributed by atoms with E-state index in [2.05, 4.69) is 23.7 Å². The molecule has 2 aromatic rings. The van der Waals surface area contributed by atoms with Gasteiger partial charge in [0.1, 0.15) is 10.7 Å². The number of aliphatic hydroxyl groups excluding tert-OH is 1. The van der Waals surface area contributed by atoms with Gasteiger partial charge in [0.25, 0.3) is 0 Å². The Labute approximate surface area is 118 Å². The Hall–Kier alpha value is -1.04. The van der Waals surface area contributed by atoms with Gasteiger partial charge >= 0.3 is 0 Å². The van der Waals surface area contributed by atoms with E-state index in [9.17, 15) is 5.11 Å². The fourth-order valence-electron chi connectivity index (χ4n) is 2.10. The second-order valence-corrected chi connectivity index (χ2v) is 5.41. The summed E-state index contributed by atoms with van der Waals surface area (Å²) in [4.78, 5) is 6.97. The van der Waals surface area contributed by atoms with Crippen LogP contribution in [0.25, 0.3) is 5.65 Å². The van der Waals surface area contributed by atoms with Gasteiger partial charge in [0.2, 0.25) is 0 Å². The Morgan fingerprint density at radius 2 is 2.11 bits per heavy atom. The van der Waals surface area contributed by atoms with Crippen molar-refractivity contribution in [3.05, 3.63) is 30.1 Å². The first-order chi connectivity index (χ1) is 9.30. The summed E-state index contributed by atoms with van der Waals surface area (Å²) in [6.45, 7) is 7.59. The standard InChI is InChI=1S/C14H21N3OS/c1-3-16(4-2)9-10-19-14-12(11-18)17-8-6-5-7-13(17)15-14/h5-8,18H,3-4,9-11H2,1-2H3. The molecule has 2 rings (SSSR count). The maximum absolute atomic E-state index is 9.52. The number of aromatic nitrogens is 2. The molecule has 0 bridgehead atoms. The highest BCUT2D eigenvalue weighted by molar-refractivity contribution is 7.99. The molecule has 0 aliphatic heterocycles. The smallest absolute Gasteiger partial charge is 0.138 e. The molecule has 0 unspecified atom stereocenters. The zero-order chi connectivity index (χ0) is 13.7. The first kappa shape index (κ1) is 14.4. The van der Waals surface area contributed by atoms with E-state index in [1.54, 1.807) is 11.8 Å². The first-order valence-corrected chi connectivity index (χ1v) is 7.70. The molecule has 104 valence electrons. The van der Waals surface area contributed by atoms with Crippen LogP contribution in [-0.4, -0.2) is 44.8 Å². The van der Waals surface area contributed by atoms with Gasteiger partial charge in [-0.3, -0.25) is 0 Å². The Balaban J connectivity index is 2.08.